The van der Waals surface area contributed by atoms with Gasteiger partial charge >= 0.3 is 7.52 Å². The molecule has 0 saturated heterocycles. The fourth-order valence-corrected chi connectivity index (χ4v) is 6.20. The first-order valence-corrected chi connectivity index (χ1v) is 14.7. The van der Waals surface area contributed by atoms with Gasteiger partial charge in [0.2, 0.25) is 10.0 Å². The van der Waals surface area contributed by atoms with Crippen molar-refractivity contribution in [2.24, 2.45) is 10.2 Å². The van der Waals surface area contributed by atoms with Gasteiger partial charge in [-0.2, -0.15) is 4.76 Å². The number of rotatable bonds is 7. The van der Waals surface area contributed by atoms with Crippen LogP contribution in [0.15, 0.2) is 45.6 Å². The second-order valence-electron chi connectivity index (χ2n) is 9.96. The number of hydrogen-bond acceptors (Lipinski definition) is 7. The number of nitrogens with zero attached hydrogens (tertiary/aromatic N) is 2. The fourth-order valence-electron chi connectivity index (χ4n) is 3.84. The Kier molecular flexibility index (Phi) is 7.28. The predicted molar refractivity (Wildman–Crippen MR) is 139 cm³/mol. The third-order valence-corrected chi connectivity index (χ3v) is 8.04. The Morgan fingerprint density at radius 3 is 2.49 bits per heavy atom. The molecule has 3 N–H and O–H groups in total. The summed E-state index contributed by atoms with van der Waals surface area (Å²) >= 11 is 0. The molecule has 35 heavy (non-hydrogen) atoms. The van der Waals surface area contributed by atoms with Gasteiger partial charge in [-0.15, -0.1) is 0 Å². The standard InChI is InChI=1S/C23H33N4O6PS/c1-8-33-34(30)17-13-15(26-35(7,31)32)9-10-16(17)24-21(25-34)18-20(28)19(14(2)3)27(22(18)29)12-11-23(4,5)6/h9-10,13,26,28H,8,11-12H2,1-7H3,(H,24,25,30). The zero-order valence-corrected chi connectivity index (χ0v) is 22.8. The van der Waals surface area contributed by atoms with Crippen LogP contribution >= 0.6 is 7.52 Å². The molecular weight excluding hydrogens is 491 g/mol. The van der Waals surface area contributed by atoms with Crippen LogP contribution in [0.5, 0.6) is 0 Å². The summed E-state index contributed by atoms with van der Waals surface area (Å²) in [7, 11) is -7.46. The molecule has 0 radical (unpaired) electrons. The summed E-state index contributed by atoms with van der Waals surface area (Å²) in [5, 5.41) is 14.2. The molecule has 3 rings (SSSR count). The summed E-state index contributed by atoms with van der Waals surface area (Å²) in [5.74, 6) is -0.745. The van der Waals surface area contributed by atoms with Crippen molar-refractivity contribution in [3.63, 3.8) is 0 Å². The Hall–Kier alpha value is -2.62. The first kappa shape index (κ1) is 27.0. The molecule has 2 aliphatic heterocycles. The lowest BCUT2D eigenvalue weighted by atomic mass is 9.92. The molecule has 2 heterocycles. The van der Waals surface area contributed by atoms with E-state index in [1.165, 1.54) is 23.1 Å². The van der Waals surface area contributed by atoms with E-state index in [4.69, 9.17) is 4.52 Å². The van der Waals surface area contributed by atoms with Crippen molar-refractivity contribution in [1.29, 1.82) is 0 Å². The van der Waals surface area contributed by atoms with E-state index in [1.54, 1.807) is 20.8 Å². The summed E-state index contributed by atoms with van der Waals surface area (Å²) in [5.41, 5.74) is 1.58. The molecular formula is C23H33N4O6PS. The Labute approximate surface area is 206 Å². The number of hydrogen-bond donors (Lipinski definition) is 3. The van der Waals surface area contributed by atoms with Crippen LogP contribution in [-0.4, -0.2) is 49.6 Å². The molecule has 0 bridgehead atoms. The first-order valence-electron chi connectivity index (χ1n) is 11.2. The van der Waals surface area contributed by atoms with E-state index in [-0.39, 0.29) is 40.2 Å². The average Bonchev–Trinajstić information content (AvgIpc) is 2.95. The Morgan fingerprint density at radius 1 is 1.29 bits per heavy atom. The molecule has 0 saturated carbocycles. The molecule has 2 aliphatic rings. The zero-order chi connectivity index (χ0) is 26.3. The molecule has 192 valence electrons. The summed E-state index contributed by atoms with van der Waals surface area (Å²) in [4.78, 5) is 15.0. The average molecular weight is 525 g/mol. The smallest absolute Gasteiger partial charge is 0.348 e. The van der Waals surface area contributed by atoms with Crippen molar-refractivity contribution < 1.29 is 27.4 Å². The van der Waals surface area contributed by atoms with Crippen LogP contribution < -0.4 is 15.3 Å². The Balaban J connectivity index is 2.09. The number of fused-ring (bicyclic) bond motifs is 1. The zero-order valence-electron chi connectivity index (χ0n) is 21.1. The van der Waals surface area contributed by atoms with Gasteiger partial charge in [0, 0.05) is 12.2 Å². The highest BCUT2D eigenvalue weighted by atomic mass is 32.2. The van der Waals surface area contributed by atoms with Gasteiger partial charge in [-0.05, 0) is 56.4 Å². The molecule has 12 heteroatoms. The molecule has 1 aromatic rings. The lowest BCUT2D eigenvalue weighted by molar-refractivity contribution is -0.124. The van der Waals surface area contributed by atoms with Gasteiger partial charge in [0.05, 0.1) is 29.6 Å². The minimum absolute atomic E-state index is 0.0344. The van der Waals surface area contributed by atoms with E-state index in [1.807, 2.05) is 0 Å². The molecule has 0 aliphatic carbocycles. The van der Waals surface area contributed by atoms with Crippen molar-refractivity contribution >= 4 is 46.0 Å². The van der Waals surface area contributed by atoms with Gasteiger partial charge in [-0.1, -0.05) is 20.8 Å². The van der Waals surface area contributed by atoms with E-state index in [2.05, 4.69) is 35.6 Å². The number of sulfonamides is 1. The quantitative estimate of drug-likeness (QED) is 0.456. The van der Waals surface area contributed by atoms with Gasteiger partial charge in [-0.25, -0.2) is 8.42 Å². The van der Waals surface area contributed by atoms with Crippen LogP contribution in [-0.2, 0) is 23.9 Å². The number of aliphatic hydroxyl groups excluding tert-OH is 1. The van der Waals surface area contributed by atoms with Gasteiger partial charge in [-0.3, -0.25) is 14.1 Å². The topological polar surface area (TPSA) is 137 Å². The summed E-state index contributed by atoms with van der Waals surface area (Å²) < 4.78 is 49.3. The second-order valence-corrected chi connectivity index (χ2v) is 13.7. The SMILES string of the molecule is CCOP1(=O)N=C(C2=C(O)C(=C(C)C)N(CCC(C)(C)C)C2=O)Nc2ccc(NS(C)(=O)=O)cc21. The number of amides is 1. The number of anilines is 2. The highest BCUT2D eigenvalue weighted by Gasteiger charge is 2.43. The van der Waals surface area contributed by atoms with Gasteiger partial charge < -0.3 is 19.8 Å². The minimum atomic E-state index is -3.90. The molecule has 0 spiro atoms. The third-order valence-electron chi connectivity index (χ3n) is 5.38. The number of allylic oxidation sites excluding steroid dienone is 1. The molecule has 10 nitrogen and oxygen atoms in total. The number of aliphatic hydroxyl groups is 1. The first-order chi connectivity index (χ1) is 16.1. The Bertz CT molecular complexity index is 1300. The van der Waals surface area contributed by atoms with Crippen LogP contribution in [0.2, 0.25) is 0 Å². The monoisotopic (exact) mass is 524 g/mol. The number of amidine groups is 1. The van der Waals surface area contributed by atoms with E-state index in [0.717, 1.165) is 11.8 Å². The van der Waals surface area contributed by atoms with Gasteiger partial charge in [0.25, 0.3) is 5.91 Å². The van der Waals surface area contributed by atoms with Gasteiger partial charge in [0.1, 0.15) is 5.57 Å². The highest BCUT2D eigenvalue weighted by Crippen LogP contribution is 2.53. The lowest BCUT2D eigenvalue weighted by Crippen LogP contribution is -2.34. The molecule has 1 aromatic carbocycles. The number of nitrogens with one attached hydrogen (secondary N) is 2. The van der Waals surface area contributed by atoms with E-state index >= 15 is 0 Å². The summed E-state index contributed by atoms with van der Waals surface area (Å²) in [6, 6.07) is 4.41. The molecule has 0 fully saturated rings. The van der Waals surface area contributed by atoms with Crippen LogP contribution in [0.4, 0.5) is 11.4 Å². The molecule has 1 atom stereocenters. The number of carbonyl (C=O) groups excluding carboxylic acids is 1. The van der Waals surface area contributed by atoms with Crippen molar-refractivity contribution in [2.75, 3.05) is 29.4 Å². The van der Waals surface area contributed by atoms with Crippen LogP contribution in [0.3, 0.4) is 0 Å². The van der Waals surface area contributed by atoms with E-state index < -0.39 is 23.5 Å². The molecule has 1 amide bonds. The van der Waals surface area contributed by atoms with Crippen molar-refractivity contribution in [1.82, 2.24) is 4.90 Å². The van der Waals surface area contributed by atoms with Crippen LogP contribution in [0.25, 0.3) is 0 Å². The van der Waals surface area contributed by atoms with Crippen molar-refractivity contribution in [3.8, 4) is 0 Å². The lowest BCUT2D eigenvalue weighted by Gasteiger charge is -2.26. The maximum Gasteiger partial charge on any atom is 0.348 e. The van der Waals surface area contributed by atoms with Crippen LogP contribution in [0, 0.1) is 5.41 Å². The summed E-state index contributed by atoms with van der Waals surface area (Å²) in [6.07, 6.45) is 1.71. The fraction of sp³-hybridized carbons (Fsp3) is 0.478. The largest absolute Gasteiger partial charge is 0.505 e. The van der Waals surface area contributed by atoms with Gasteiger partial charge in [0.15, 0.2) is 11.6 Å². The highest BCUT2D eigenvalue weighted by molar-refractivity contribution is 7.92. The number of benzene rings is 1. The number of carbonyl (C=O) groups is 1. The predicted octanol–water partition coefficient (Wildman–Crippen LogP) is 4.12. The van der Waals surface area contributed by atoms with Crippen molar-refractivity contribution in [2.45, 2.75) is 48.0 Å². The molecule has 0 aromatic heterocycles. The van der Waals surface area contributed by atoms with E-state index in [0.29, 0.717) is 24.4 Å². The second kappa shape index (κ2) is 9.44. The summed E-state index contributed by atoms with van der Waals surface area (Å²) in [6.45, 7) is 11.9. The minimum Gasteiger partial charge on any atom is -0.505 e. The maximum absolute atomic E-state index is 13.8. The van der Waals surface area contributed by atoms with Crippen LogP contribution in [0.1, 0.15) is 48.0 Å². The Morgan fingerprint density at radius 2 is 1.94 bits per heavy atom. The maximum atomic E-state index is 13.8. The van der Waals surface area contributed by atoms with E-state index in [9.17, 15) is 22.9 Å². The molecule has 1 unspecified atom stereocenters. The third kappa shape index (κ3) is 5.79. The normalized spacial score (nSPS) is 20.5. The van der Waals surface area contributed by atoms with Crippen molar-refractivity contribution in [3.05, 3.63) is 40.8 Å².